The average Bonchev–Trinajstić information content (AvgIpc) is 1.98. The van der Waals surface area contributed by atoms with Crippen LogP contribution in [0.5, 0.6) is 0 Å². The fourth-order valence-electron chi connectivity index (χ4n) is 0.725. The maximum Gasteiger partial charge on any atom is 0.229 e. The van der Waals surface area contributed by atoms with Gasteiger partial charge in [-0.15, -0.1) is 0 Å². The van der Waals surface area contributed by atoms with E-state index in [4.69, 9.17) is 0 Å². The first-order chi connectivity index (χ1) is 5.45. The number of hydrogen-bond acceptors (Lipinski definition) is 3. The fourth-order valence-corrected chi connectivity index (χ4v) is 0.840. The molecule has 0 aliphatic carbocycles. The Kier molecular flexibility index (Phi) is 5.33. The summed E-state index contributed by atoms with van der Waals surface area (Å²) < 4.78 is 1.44. The van der Waals surface area contributed by atoms with Gasteiger partial charge in [0, 0.05) is 19.5 Å². The molecule has 0 saturated carbocycles. The van der Waals surface area contributed by atoms with Crippen molar-refractivity contribution in [2.75, 3.05) is 20.6 Å². The van der Waals surface area contributed by atoms with Crippen LogP contribution in [-0.2, 0) is 4.79 Å². The first-order valence-electron chi connectivity index (χ1n) is 4.08. The molecule has 1 amide bonds. The van der Waals surface area contributed by atoms with Crippen LogP contribution in [0, 0.1) is 0 Å². The van der Waals surface area contributed by atoms with Crippen molar-refractivity contribution in [2.24, 2.45) is 0 Å². The van der Waals surface area contributed by atoms with Crippen LogP contribution in [0.3, 0.4) is 0 Å². The molecule has 0 aromatic rings. The van der Waals surface area contributed by atoms with Crippen molar-refractivity contribution in [1.82, 2.24) is 9.21 Å². The van der Waals surface area contributed by atoms with Gasteiger partial charge in [-0.05, 0) is 27.4 Å². The summed E-state index contributed by atoms with van der Waals surface area (Å²) in [5.74, 6) is 0.00397. The number of carbonyl (C=O) groups excluding carboxylic acids is 1. The molecule has 12 heavy (non-hydrogen) atoms. The summed E-state index contributed by atoms with van der Waals surface area (Å²) >= 11 is 4.03. The van der Waals surface area contributed by atoms with Crippen LogP contribution < -0.4 is 0 Å². The molecule has 1 atom stereocenters. The second kappa shape index (κ2) is 5.43. The minimum absolute atomic E-state index is 0.00397. The van der Waals surface area contributed by atoms with Crippen LogP contribution >= 0.6 is 12.8 Å². The van der Waals surface area contributed by atoms with Crippen molar-refractivity contribution in [1.29, 1.82) is 0 Å². The lowest BCUT2D eigenvalue weighted by atomic mass is 10.2. The number of hydrogen-bond donors (Lipinski definition) is 1. The maximum absolute atomic E-state index is 10.8. The van der Waals surface area contributed by atoms with Crippen molar-refractivity contribution in [3.05, 3.63) is 0 Å². The molecule has 1 unspecified atom stereocenters. The van der Waals surface area contributed by atoms with Crippen LogP contribution in [0.2, 0.25) is 0 Å². The average molecular weight is 190 g/mol. The first-order valence-corrected chi connectivity index (χ1v) is 4.48. The predicted molar refractivity (Wildman–Crippen MR) is 54.1 cm³/mol. The van der Waals surface area contributed by atoms with E-state index >= 15 is 0 Å². The van der Waals surface area contributed by atoms with E-state index in [0.29, 0.717) is 12.6 Å². The quantitative estimate of drug-likeness (QED) is 0.669. The van der Waals surface area contributed by atoms with Crippen LogP contribution in [0.15, 0.2) is 0 Å². The summed E-state index contributed by atoms with van der Waals surface area (Å²) in [7, 11) is 4.06. The van der Waals surface area contributed by atoms with Crippen LogP contribution in [-0.4, -0.2) is 41.8 Å². The second-order valence-electron chi connectivity index (χ2n) is 3.24. The minimum atomic E-state index is 0.00397. The SMILES string of the molecule is CC(=O)N(S)CCC(C)N(C)C. The predicted octanol–water partition coefficient (Wildman–Crippen LogP) is 1.02. The number of rotatable bonds is 4. The van der Waals surface area contributed by atoms with Crippen molar-refractivity contribution in [3.8, 4) is 0 Å². The van der Waals surface area contributed by atoms with Crippen molar-refractivity contribution < 1.29 is 4.79 Å². The summed E-state index contributed by atoms with van der Waals surface area (Å²) in [6, 6.07) is 0.485. The largest absolute Gasteiger partial charge is 0.307 e. The number of thiol groups is 1. The number of carbonyl (C=O) groups is 1. The zero-order chi connectivity index (χ0) is 9.72. The van der Waals surface area contributed by atoms with Crippen molar-refractivity contribution in [3.63, 3.8) is 0 Å². The van der Waals surface area contributed by atoms with Gasteiger partial charge < -0.3 is 4.90 Å². The minimum Gasteiger partial charge on any atom is -0.307 e. The molecule has 0 aliphatic rings. The molecular weight excluding hydrogens is 172 g/mol. The molecule has 0 bridgehead atoms. The monoisotopic (exact) mass is 190 g/mol. The summed E-state index contributed by atoms with van der Waals surface area (Å²) in [6.07, 6.45) is 0.954. The van der Waals surface area contributed by atoms with Gasteiger partial charge in [0.15, 0.2) is 0 Å². The normalized spacial score (nSPS) is 13.2. The lowest BCUT2D eigenvalue weighted by molar-refractivity contribution is -0.123. The Bertz CT molecular complexity index is 150. The third kappa shape index (κ3) is 4.62. The topological polar surface area (TPSA) is 23.6 Å². The molecule has 0 radical (unpaired) electrons. The van der Waals surface area contributed by atoms with E-state index in [1.165, 1.54) is 11.2 Å². The Morgan fingerprint density at radius 3 is 2.33 bits per heavy atom. The van der Waals surface area contributed by atoms with E-state index in [9.17, 15) is 4.79 Å². The highest BCUT2D eigenvalue weighted by Gasteiger charge is 2.08. The Hall–Kier alpha value is -0.220. The standard InChI is InChI=1S/C8H18N2OS/c1-7(9(3)4)5-6-10(12)8(2)11/h7,12H,5-6H2,1-4H3. The summed E-state index contributed by atoms with van der Waals surface area (Å²) in [5, 5.41) is 0. The molecule has 0 aliphatic heterocycles. The van der Waals surface area contributed by atoms with Crippen LogP contribution in [0.4, 0.5) is 0 Å². The fraction of sp³-hybridized carbons (Fsp3) is 0.875. The molecular formula is C8H18N2OS. The van der Waals surface area contributed by atoms with Gasteiger partial charge in [0.05, 0.1) is 0 Å². The lowest BCUT2D eigenvalue weighted by Crippen LogP contribution is -2.29. The molecule has 0 spiro atoms. The zero-order valence-corrected chi connectivity index (χ0v) is 9.14. The van der Waals surface area contributed by atoms with Gasteiger partial charge in [0.25, 0.3) is 0 Å². The molecule has 72 valence electrons. The first kappa shape index (κ1) is 11.8. The van der Waals surface area contributed by atoms with E-state index < -0.39 is 0 Å². The molecule has 0 heterocycles. The second-order valence-corrected chi connectivity index (χ2v) is 3.73. The summed E-state index contributed by atoms with van der Waals surface area (Å²) in [5.41, 5.74) is 0. The molecule has 4 heteroatoms. The Labute approximate surface area is 80.3 Å². The number of amides is 1. The summed E-state index contributed by atoms with van der Waals surface area (Å²) in [6.45, 7) is 4.35. The molecule has 0 aromatic carbocycles. The van der Waals surface area contributed by atoms with E-state index in [1.807, 2.05) is 14.1 Å². The molecule has 3 nitrogen and oxygen atoms in total. The third-order valence-electron chi connectivity index (χ3n) is 2.00. The van der Waals surface area contributed by atoms with Crippen LogP contribution in [0.25, 0.3) is 0 Å². The lowest BCUT2D eigenvalue weighted by Gasteiger charge is -2.22. The third-order valence-corrected chi connectivity index (χ3v) is 2.49. The highest BCUT2D eigenvalue weighted by atomic mass is 32.1. The molecule has 0 rings (SSSR count). The molecule has 0 saturated heterocycles. The number of nitrogens with zero attached hydrogens (tertiary/aromatic N) is 2. The molecule has 0 N–H and O–H groups in total. The van der Waals surface area contributed by atoms with Gasteiger partial charge >= 0.3 is 0 Å². The highest BCUT2D eigenvalue weighted by Crippen LogP contribution is 2.02. The van der Waals surface area contributed by atoms with Crippen LogP contribution in [0.1, 0.15) is 20.3 Å². The van der Waals surface area contributed by atoms with Gasteiger partial charge in [0.2, 0.25) is 5.91 Å². The van der Waals surface area contributed by atoms with Gasteiger partial charge in [-0.3, -0.25) is 9.10 Å². The van der Waals surface area contributed by atoms with E-state index in [2.05, 4.69) is 24.6 Å². The van der Waals surface area contributed by atoms with Gasteiger partial charge in [0.1, 0.15) is 0 Å². The Morgan fingerprint density at radius 2 is 2.00 bits per heavy atom. The Morgan fingerprint density at radius 1 is 1.50 bits per heavy atom. The Balaban J connectivity index is 3.61. The zero-order valence-electron chi connectivity index (χ0n) is 8.24. The molecule has 0 fully saturated rings. The van der Waals surface area contributed by atoms with E-state index in [0.717, 1.165) is 6.42 Å². The van der Waals surface area contributed by atoms with E-state index in [1.54, 1.807) is 0 Å². The maximum atomic E-state index is 10.8. The highest BCUT2D eigenvalue weighted by molar-refractivity contribution is 7.78. The smallest absolute Gasteiger partial charge is 0.229 e. The van der Waals surface area contributed by atoms with Gasteiger partial charge in [-0.25, -0.2) is 0 Å². The van der Waals surface area contributed by atoms with Gasteiger partial charge in [-0.2, -0.15) is 0 Å². The van der Waals surface area contributed by atoms with Crippen molar-refractivity contribution in [2.45, 2.75) is 26.3 Å². The van der Waals surface area contributed by atoms with Crippen molar-refractivity contribution >= 4 is 18.7 Å². The van der Waals surface area contributed by atoms with Gasteiger partial charge in [-0.1, -0.05) is 12.8 Å². The molecule has 0 aromatic heterocycles. The summed E-state index contributed by atoms with van der Waals surface area (Å²) in [4.78, 5) is 12.9. The van der Waals surface area contributed by atoms with E-state index in [-0.39, 0.29) is 5.91 Å².